The lowest BCUT2D eigenvalue weighted by atomic mass is 9.94. The topological polar surface area (TPSA) is 71.3 Å². The molecule has 1 N–H and O–H groups in total. The van der Waals surface area contributed by atoms with Gasteiger partial charge in [-0.3, -0.25) is 4.90 Å². The zero-order chi connectivity index (χ0) is 25.2. The number of nitrogens with one attached hydrogen (secondary N) is 1. The summed E-state index contributed by atoms with van der Waals surface area (Å²) in [6.07, 6.45) is 2.04. The van der Waals surface area contributed by atoms with Gasteiger partial charge in [0.1, 0.15) is 0 Å². The Morgan fingerprint density at radius 2 is 1.69 bits per heavy atom. The summed E-state index contributed by atoms with van der Waals surface area (Å²) < 4.78 is 5.82. The van der Waals surface area contributed by atoms with E-state index in [0.29, 0.717) is 18.3 Å². The molecule has 1 aliphatic rings. The van der Waals surface area contributed by atoms with Gasteiger partial charge in [0.2, 0.25) is 5.82 Å². The Morgan fingerprint density at radius 3 is 2.39 bits per heavy atom. The molecule has 2 heterocycles. The van der Waals surface area contributed by atoms with Crippen molar-refractivity contribution in [2.45, 2.75) is 38.3 Å². The number of rotatable bonds is 6. The molecule has 1 aromatic heterocycles. The Morgan fingerprint density at radius 1 is 0.972 bits per heavy atom. The Balaban J connectivity index is 1.59. The highest BCUT2D eigenvalue weighted by molar-refractivity contribution is 7.98. The second-order valence-corrected chi connectivity index (χ2v) is 9.90. The molecule has 4 aromatic rings. The van der Waals surface area contributed by atoms with Gasteiger partial charge >= 0.3 is 6.03 Å². The molecule has 2 amide bonds. The first-order valence-electron chi connectivity index (χ1n) is 11.8. The van der Waals surface area contributed by atoms with E-state index in [2.05, 4.69) is 28.7 Å². The lowest BCUT2D eigenvalue weighted by Crippen LogP contribution is -2.45. The van der Waals surface area contributed by atoms with Crippen LogP contribution in [0, 0.1) is 13.8 Å². The van der Waals surface area contributed by atoms with Gasteiger partial charge in [0.25, 0.3) is 5.89 Å². The quantitative estimate of drug-likeness (QED) is 0.298. The lowest BCUT2D eigenvalue weighted by Gasteiger charge is -2.35. The summed E-state index contributed by atoms with van der Waals surface area (Å²) in [7, 11) is 0. The number of benzene rings is 3. The van der Waals surface area contributed by atoms with Crippen molar-refractivity contribution >= 4 is 23.4 Å². The van der Waals surface area contributed by atoms with E-state index >= 15 is 0 Å². The third-order valence-electron chi connectivity index (χ3n) is 6.40. The zero-order valence-electron chi connectivity index (χ0n) is 20.8. The van der Waals surface area contributed by atoms with Crippen LogP contribution in [-0.2, 0) is 6.54 Å². The van der Waals surface area contributed by atoms with Crippen LogP contribution >= 0.6 is 11.8 Å². The molecule has 1 unspecified atom stereocenters. The van der Waals surface area contributed by atoms with E-state index in [9.17, 15) is 4.79 Å². The van der Waals surface area contributed by atoms with E-state index in [1.165, 1.54) is 0 Å². The summed E-state index contributed by atoms with van der Waals surface area (Å²) in [5.74, 6) is 0.921. The Labute approximate surface area is 215 Å². The molecule has 5 rings (SSSR count). The van der Waals surface area contributed by atoms with Crippen LogP contribution in [0.1, 0.15) is 41.1 Å². The average Bonchev–Trinajstić information content (AvgIpc) is 3.36. The van der Waals surface area contributed by atoms with E-state index in [0.717, 1.165) is 44.0 Å². The molecule has 3 aromatic carbocycles. The van der Waals surface area contributed by atoms with Gasteiger partial charge in [-0.05, 0) is 56.4 Å². The van der Waals surface area contributed by atoms with Crippen molar-refractivity contribution in [2.24, 2.45) is 0 Å². The van der Waals surface area contributed by atoms with Gasteiger partial charge < -0.3 is 9.84 Å². The second kappa shape index (κ2) is 10.0. The summed E-state index contributed by atoms with van der Waals surface area (Å²) in [5, 5.41) is 7.46. The van der Waals surface area contributed by atoms with Gasteiger partial charge in [0.05, 0.1) is 18.2 Å². The molecular formula is C29H28N4O2S. The lowest BCUT2D eigenvalue weighted by molar-refractivity contribution is 0.203. The molecule has 182 valence electrons. The van der Waals surface area contributed by atoms with Gasteiger partial charge in [-0.2, -0.15) is 4.98 Å². The second-order valence-electron chi connectivity index (χ2n) is 9.02. The minimum atomic E-state index is -0.409. The fourth-order valence-electron chi connectivity index (χ4n) is 4.52. The maximum Gasteiger partial charge on any atom is 0.322 e. The molecule has 1 aliphatic heterocycles. The van der Waals surface area contributed by atoms with Crippen LogP contribution in [-0.4, -0.2) is 27.3 Å². The van der Waals surface area contributed by atoms with Crippen LogP contribution in [0.3, 0.4) is 0 Å². The SMILES string of the molecule is CSc1ccc(C2NC(=O)N(Cc3cccc(C)c3)C(C)=C2c2nc(-c3cccc(C)c3)no2)cc1. The van der Waals surface area contributed by atoms with Crippen molar-refractivity contribution in [2.75, 3.05) is 6.26 Å². The van der Waals surface area contributed by atoms with Gasteiger partial charge in [-0.1, -0.05) is 70.9 Å². The zero-order valence-corrected chi connectivity index (χ0v) is 21.6. The number of hydrogen-bond acceptors (Lipinski definition) is 5. The molecule has 0 fully saturated rings. The number of thioether (sulfide) groups is 1. The van der Waals surface area contributed by atoms with E-state index in [1.54, 1.807) is 16.7 Å². The molecule has 1 atom stereocenters. The molecule has 36 heavy (non-hydrogen) atoms. The van der Waals surface area contributed by atoms with E-state index in [4.69, 9.17) is 9.51 Å². The van der Waals surface area contributed by atoms with Crippen molar-refractivity contribution in [1.82, 2.24) is 20.4 Å². The summed E-state index contributed by atoms with van der Waals surface area (Å²) in [6, 6.07) is 23.8. The number of carbonyl (C=O) groups is 1. The fraction of sp³-hybridized carbons (Fsp3) is 0.207. The highest BCUT2D eigenvalue weighted by atomic mass is 32.2. The molecule has 0 bridgehead atoms. The predicted octanol–water partition coefficient (Wildman–Crippen LogP) is 6.77. The largest absolute Gasteiger partial charge is 0.334 e. The summed E-state index contributed by atoms with van der Waals surface area (Å²) in [5.41, 5.74) is 6.76. The Kier molecular flexibility index (Phi) is 6.65. The molecule has 0 spiro atoms. The third-order valence-corrected chi connectivity index (χ3v) is 7.14. The van der Waals surface area contributed by atoms with Crippen molar-refractivity contribution in [3.05, 3.63) is 107 Å². The number of aromatic nitrogens is 2. The van der Waals surface area contributed by atoms with Crippen molar-refractivity contribution in [1.29, 1.82) is 0 Å². The smallest absolute Gasteiger partial charge is 0.322 e. The normalized spacial score (nSPS) is 15.8. The highest BCUT2D eigenvalue weighted by Gasteiger charge is 2.35. The van der Waals surface area contributed by atoms with Crippen LogP contribution in [0.25, 0.3) is 17.0 Å². The van der Waals surface area contributed by atoms with Crippen LogP contribution in [0.15, 0.2) is 87.9 Å². The maximum atomic E-state index is 13.4. The molecule has 0 aliphatic carbocycles. The van der Waals surface area contributed by atoms with Crippen molar-refractivity contribution in [3.8, 4) is 11.4 Å². The number of carbonyl (C=O) groups excluding carboxylic acids is 1. The number of allylic oxidation sites excluding steroid dienone is 1. The number of urea groups is 1. The first-order valence-corrected chi connectivity index (χ1v) is 13.0. The van der Waals surface area contributed by atoms with Gasteiger partial charge in [0.15, 0.2) is 0 Å². The summed E-state index contributed by atoms with van der Waals surface area (Å²) >= 11 is 1.68. The maximum absolute atomic E-state index is 13.4. The van der Waals surface area contributed by atoms with Crippen molar-refractivity contribution in [3.63, 3.8) is 0 Å². The number of nitrogens with zero attached hydrogens (tertiary/aromatic N) is 3. The van der Waals surface area contributed by atoms with Crippen LogP contribution in [0.2, 0.25) is 0 Å². The fourth-order valence-corrected chi connectivity index (χ4v) is 4.93. The number of amides is 2. The minimum absolute atomic E-state index is 0.157. The standard InChI is InChI=1S/C29H28N4O2S/c1-18-7-5-9-21(15-18)17-33-20(3)25(26(30-29(33)34)22-11-13-24(36-4)14-12-22)28-31-27(32-35-28)23-10-6-8-19(2)16-23/h5-16,26H,17H2,1-4H3,(H,30,34). The van der Waals surface area contributed by atoms with Crippen LogP contribution in [0.4, 0.5) is 4.79 Å². The van der Waals surface area contributed by atoms with Gasteiger partial charge in [0, 0.05) is 16.2 Å². The van der Waals surface area contributed by atoms with Crippen LogP contribution in [0.5, 0.6) is 0 Å². The Bertz CT molecular complexity index is 1440. The van der Waals surface area contributed by atoms with E-state index in [-0.39, 0.29) is 6.03 Å². The van der Waals surface area contributed by atoms with E-state index < -0.39 is 6.04 Å². The van der Waals surface area contributed by atoms with Gasteiger partial charge in [-0.25, -0.2) is 4.79 Å². The number of aryl methyl sites for hydroxylation is 2. The molecule has 0 radical (unpaired) electrons. The molecular weight excluding hydrogens is 468 g/mol. The van der Waals surface area contributed by atoms with Crippen molar-refractivity contribution < 1.29 is 9.32 Å². The molecule has 0 saturated carbocycles. The molecule has 7 heteroatoms. The van der Waals surface area contributed by atoms with Gasteiger partial charge in [-0.15, -0.1) is 11.8 Å². The highest BCUT2D eigenvalue weighted by Crippen LogP contribution is 2.38. The minimum Gasteiger partial charge on any atom is -0.334 e. The Hall–Kier alpha value is -3.84. The van der Waals surface area contributed by atoms with Crippen LogP contribution < -0.4 is 5.32 Å². The van der Waals surface area contributed by atoms with E-state index in [1.807, 2.05) is 81.6 Å². The molecule has 6 nitrogen and oxygen atoms in total. The third kappa shape index (κ3) is 4.79. The first-order chi connectivity index (χ1) is 17.4. The summed E-state index contributed by atoms with van der Waals surface area (Å²) in [6.45, 7) is 6.47. The monoisotopic (exact) mass is 496 g/mol. The first kappa shape index (κ1) is 23.9. The average molecular weight is 497 g/mol. The number of hydrogen-bond donors (Lipinski definition) is 1. The molecule has 0 saturated heterocycles. The predicted molar refractivity (Wildman–Crippen MR) is 143 cm³/mol. The summed E-state index contributed by atoms with van der Waals surface area (Å²) in [4.78, 5) is 21.0.